The molecule has 1 heterocycles. The summed E-state index contributed by atoms with van der Waals surface area (Å²) >= 11 is 11.4. The van der Waals surface area contributed by atoms with E-state index in [9.17, 15) is 9.59 Å². The molecule has 0 saturated carbocycles. The fourth-order valence-corrected chi connectivity index (χ4v) is 1.97. The van der Waals surface area contributed by atoms with Crippen LogP contribution in [0.5, 0.6) is 5.75 Å². The lowest BCUT2D eigenvalue weighted by Gasteiger charge is -2.08. The van der Waals surface area contributed by atoms with Crippen molar-refractivity contribution < 1.29 is 19.1 Å². The lowest BCUT2D eigenvalue weighted by Crippen LogP contribution is -2.15. The number of methoxy groups -OCH3 is 1. The summed E-state index contributed by atoms with van der Waals surface area (Å²) in [5.41, 5.74) is 0.451. The van der Waals surface area contributed by atoms with Crippen LogP contribution in [-0.4, -0.2) is 30.5 Å². The highest BCUT2D eigenvalue weighted by Crippen LogP contribution is 2.21. The van der Waals surface area contributed by atoms with Gasteiger partial charge in [-0.2, -0.15) is 0 Å². The molecule has 0 spiro atoms. The minimum Gasteiger partial charge on any atom is -0.496 e. The Labute approximate surface area is 136 Å². The first-order valence-electron chi connectivity index (χ1n) is 6.17. The van der Waals surface area contributed by atoms with E-state index in [-0.39, 0.29) is 21.5 Å². The van der Waals surface area contributed by atoms with Crippen LogP contribution < -0.4 is 4.74 Å². The second-order valence-electron chi connectivity index (χ2n) is 4.20. The zero-order chi connectivity index (χ0) is 16.1. The van der Waals surface area contributed by atoms with Crippen molar-refractivity contribution in [3.8, 4) is 5.75 Å². The molecule has 1 aromatic carbocycles. The Morgan fingerprint density at radius 2 is 1.95 bits per heavy atom. The topological polar surface area (TPSA) is 65.5 Å². The van der Waals surface area contributed by atoms with E-state index >= 15 is 0 Å². The standard InChI is InChI=1S/C15H11Cl2NO4/c1-21-13-5-3-2-4-10(13)12(19)8-22-15(20)9-6-11(16)14(17)18-7-9/h2-7H,8H2,1H3. The van der Waals surface area contributed by atoms with Crippen molar-refractivity contribution in [3.63, 3.8) is 0 Å². The monoisotopic (exact) mass is 339 g/mol. The summed E-state index contributed by atoms with van der Waals surface area (Å²) in [5, 5.41) is 0.218. The predicted octanol–water partition coefficient (Wildman–Crippen LogP) is 3.44. The Balaban J connectivity index is 2.04. The van der Waals surface area contributed by atoms with Crippen LogP contribution in [0.2, 0.25) is 10.2 Å². The number of hydrogen-bond donors (Lipinski definition) is 0. The number of esters is 1. The highest BCUT2D eigenvalue weighted by Gasteiger charge is 2.16. The quantitative estimate of drug-likeness (QED) is 0.474. The number of pyridine rings is 1. The normalized spacial score (nSPS) is 10.1. The molecule has 2 aromatic rings. The molecular weight excluding hydrogens is 329 g/mol. The molecule has 114 valence electrons. The molecular formula is C15H11Cl2NO4. The highest BCUT2D eigenvalue weighted by atomic mass is 35.5. The Bertz CT molecular complexity index is 718. The maximum absolute atomic E-state index is 12.1. The lowest BCUT2D eigenvalue weighted by molar-refractivity contribution is 0.0473. The van der Waals surface area contributed by atoms with Crippen molar-refractivity contribution in [3.05, 3.63) is 57.8 Å². The van der Waals surface area contributed by atoms with E-state index in [1.807, 2.05) is 0 Å². The molecule has 0 aliphatic heterocycles. The van der Waals surface area contributed by atoms with Gasteiger partial charge in [0, 0.05) is 6.20 Å². The molecule has 2 rings (SSSR count). The van der Waals surface area contributed by atoms with Gasteiger partial charge in [-0.25, -0.2) is 9.78 Å². The number of carbonyl (C=O) groups excluding carboxylic acids is 2. The first-order chi connectivity index (χ1) is 10.5. The molecule has 5 nitrogen and oxygen atoms in total. The number of aromatic nitrogens is 1. The van der Waals surface area contributed by atoms with E-state index in [1.54, 1.807) is 24.3 Å². The van der Waals surface area contributed by atoms with Gasteiger partial charge < -0.3 is 9.47 Å². The van der Waals surface area contributed by atoms with E-state index in [2.05, 4.69) is 4.98 Å². The smallest absolute Gasteiger partial charge is 0.340 e. The molecule has 0 aliphatic carbocycles. The summed E-state index contributed by atoms with van der Waals surface area (Å²) in [7, 11) is 1.46. The fraction of sp³-hybridized carbons (Fsp3) is 0.133. The molecule has 0 radical (unpaired) electrons. The van der Waals surface area contributed by atoms with E-state index < -0.39 is 12.6 Å². The van der Waals surface area contributed by atoms with Gasteiger partial charge in [0.2, 0.25) is 5.78 Å². The molecule has 0 amide bonds. The minimum atomic E-state index is -0.714. The van der Waals surface area contributed by atoms with Crippen LogP contribution in [0.4, 0.5) is 0 Å². The molecule has 0 atom stereocenters. The van der Waals surface area contributed by atoms with Crippen LogP contribution >= 0.6 is 23.2 Å². The molecule has 22 heavy (non-hydrogen) atoms. The molecule has 0 fully saturated rings. The van der Waals surface area contributed by atoms with E-state index in [4.69, 9.17) is 32.7 Å². The van der Waals surface area contributed by atoms with E-state index in [0.29, 0.717) is 11.3 Å². The minimum absolute atomic E-state index is 0.0864. The van der Waals surface area contributed by atoms with Crippen molar-refractivity contribution >= 4 is 35.0 Å². The summed E-state index contributed by atoms with van der Waals surface area (Å²) in [6.07, 6.45) is 1.23. The summed E-state index contributed by atoms with van der Waals surface area (Å²) in [6.45, 7) is -0.417. The molecule has 0 bridgehead atoms. The van der Waals surface area contributed by atoms with Gasteiger partial charge in [0.05, 0.1) is 23.3 Å². The zero-order valence-electron chi connectivity index (χ0n) is 11.5. The third-order valence-electron chi connectivity index (χ3n) is 2.77. The largest absolute Gasteiger partial charge is 0.496 e. The second kappa shape index (κ2) is 7.24. The van der Waals surface area contributed by atoms with Gasteiger partial charge in [-0.3, -0.25) is 4.79 Å². The van der Waals surface area contributed by atoms with Crippen LogP contribution in [0.15, 0.2) is 36.5 Å². The molecule has 0 N–H and O–H groups in total. The van der Waals surface area contributed by atoms with E-state index in [1.165, 1.54) is 19.4 Å². The number of ketones is 1. The van der Waals surface area contributed by atoms with Crippen LogP contribution in [0.3, 0.4) is 0 Å². The fourth-order valence-electron chi connectivity index (χ4n) is 1.70. The Kier molecular flexibility index (Phi) is 5.35. The maximum Gasteiger partial charge on any atom is 0.340 e. The number of hydrogen-bond acceptors (Lipinski definition) is 5. The SMILES string of the molecule is COc1ccccc1C(=O)COC(=O)c1cnc(Cl)c(Cl)c1. The maximum atomic E-state index is 12.1. The van der Waals surface area contributed by atoms with Gasteiger partial charge in [0.1, 0.15) is 10.9 Å². The van der Waals surface area contributed by atoms with Gasteiger partial charge in [-0.15, -0.1) is 0 Å². The van der Waals surface area contributed by atoms with Gasteiger partial charge in [-0.05, 0) is 18.2 Å². The lowest BCUT2D eigenvalue weighted by atomic mass is 10.1. The number of Topliss-reactive ketones (excluding diaryl/α,β-unsaturated/α-hetero) is 1. The summed E-state index contributed by atoms with van der Waals surface area (Å²) < 4.78 is 10.0. The third-order valence-corrected chi connectivity index (χ3v) is 3.46. The average Bonchev–Trinajstić information content (AvgIpc) is 2.54. The number of benzene rings is 1. The molecule has 0 saturated heterocycles. The predicted molar refractivity (Wildman–Crippen MR) is 81.9 cm³/mol. The highest BCUT2D eigenvalue weighted by molar-refractivity contribution is 6.41. The van der Waals surface area contributed by atoms with Crippen LogP contribution in [0, 0.1) is 0 Å². The zero-order valence-corrected chi connectivity index (χ0v) is 13.0. The van der Waals surface area contributed by atoms with Crippen molar-refractivity contribution in [1.29, 1.82) is 0 Å². The van der Waals surface area contributed by atoms with Crippen molar-refractivity contribution in [1.82, 2.24) is 4.98 Å². The summed E-state index contributed by atoms with van der Waals surface area (Å²) in [4.78, 5) is 27.7. The van der Waals surface area contributed by atoms with Crippen LogP contribution in [0.25, 0.3) is 0 Å². The molecule has 1 aromatic heterocycles. The van der Waals surface area contributed by atoms with Crippen LogP contribution in [-0.2, 0) is 4.74 Å². The van der Waals surface area contributed by atoms with Crippen LogP contribution in [0.1, 0.15) is 20.7 Å². The van der Waals surface area contributed by atoms with Gasteiger partial charge in [0.15, 0.2) is 6.61 Å². The Hall–Kier alpha value is -2.11. The van der Waals surface area contributed by atoms with Crippen molar-refractivity contribution in [2.24, 2.45) is 0 Å². The molecule has 0 aliphatic rings. The first kappa shape index (κ1) is 16.3. The number of rotatable bonds is 5. The number of carbonyl (C=O) groups is 2. The Morgan fingerprint density at radius 1 is 1.23 bits per heavy atom. The van der Waals surface area contributed by atoms with Gasteiger partial charge in [0.25, 0.3) is 0 Å². The summed E-state index contributed by atoms with van der Waals surface area (Å²) in [5.74, 6) is -0.673. The number of halogens is 2. The number of ether oxygens (including phenoxy) is 2. The Morgan fingerprint density at radius 3 is 2.64 bits per heavy atom. The number of para-hydroxylation sites is 1. The number of nitrogens with zero attached hydrogens (tertiary/aromatic N) is 1. The van der Waals surface area contributed by atoms with E-state index in [0.717, 1.165) is 0 Å². The summed E-state index contributed by atoms with van der Waals surface area (Å²) in [6, 6.07) is 8.00. The van der Waals surface area contributed by atoms with Gasteiger partial charge in [-0.1, -0.05) is 35.3 Å². The van der Waals surface area contributed by atoms with Crippen molar-refractivity contribution in [2.45, 2.75) is 0 Å². The van der Waals surface area contributed by atoms with Gasteiger partial charge >= 0.3 is 5.97 Å². The molecule has 0 unspecified atom stereocenters. The average molecular weight is 340 g/mol. The van der Waals surface area contributed by atoms with Crippen molar-refractivity contribution in [2.75, 3.05) is 13.7 Å². The first-order valence-corrected chi connectivity index (χ1v) is 6.93. The third kappa shape index (κ3) is 3.75. The second-order valence-corrected chi connectivity index (χ2v) is 4.96. The molecule has 7 heteroatoms.